The van der Waals surface area contributed by atoms with Crippen molar-refractivity contribution in [3.05, 3.63) is 75.9 Å². The molecule has 2 heterocycles. The topological polar surface area (TPSA) is 109 Å². The molecule has 32 heavy (non-hydrogen) atoms. The smallest absolute Gasteiger partial charge is 0.269 e. The van der Waals surface area contributed by atoms with Crippen LogP contribution in [-0.4, -0.2) is 37.7 Å². The maximum Gasteiger partial charge on any atom is 0.269 e. The Morgan fingerprint density at radius 1 is 1.31 bits per heavy atom. The lowest BCUT2D eigenvalue weighted by atomic mass is 9.97. The summed E-state index contributed by atoms with van der Waals surface area (Å²) in [6.45, 7) is 6.28. The van der Waals surface area contributed by atoms with E-state index in [9.17, 15) is 14.9 Å². The van der Waals surface area contributed by atoms with Crippen molar-refractivity contribution in [3.8, 4) is 11.5 Å². The zero-order valence-electron chi connectivity index (χ0n) is 17.9. The number of allylic oxidation sites excluding steroid dienone is 1. The van der Waals surface area contributed by atoms with Gasteiger partial charge in [-0.3, -0.25) is 14.9 Å². The monoisotopic (exact) mass is 434 g/mol. The van der Waals surface area contributed by atoms with Gasteiger partial charge >= 0.3 is 0 Å². The van der Waals surface area contributed by atoms with E-state index in [1.54, 1.807) is 24.3 Å². The number of ketones is 1. The van der Waals surface area contributed by atoms with Crippen molar-refractivity contribution in [1.29, 1.82) is 0 Å². The van der Waals surface area contributed by atoms with Gasteiger partial charge in [-0.1, -0.05) is 0 Å². The van der Waals surface area contributed by atoms with Gasteiger partial charge in [0.2, 0.25) is 5.78 Å². The van der Waals surface area contributed by atoms with Crippen LogP contribution in [0.15, 0.2) is 49.1 Å². The quantitative estimate of drug-likeness (QED) is 0.237. The summed E-state index contributed by atoms with van der Waals surface area (Å²) in [5.41, 5.74) is 1.77. The standard InChI is InChI=1S/C23H22N4O5/c1-4-31-20-11-16(10-17-12-23(2,3)32-22(17)20)21(28)19(26-14-24-13-25-26)9-15-5-7-18(8-6-15)27(29)30/h5-11,13-14H,4,12H2,1-3H3. The second kappa shape index (κ2) is 8.26. The van der Waals surface area contributed by atoms with Gasteiger partial charge in [0.15, 0.2) is 11.5 Å². The Kier molecular flexibility index (Phi) is 5.48. The van der Waals surface area contributed by atoms with E-state index in [-0.39, 0.29) is 22.8 Å². The molecule has 1 aromatic heterocycles. The van der Waals surface area contributed by atoms with Crippen LogP contribution in [0.1, 0.15) is 42.3 Å². The molecule has 0 fully saturated rings. The normalized spacial score (nSPS) is 14.5. The summed E-state index contributed by atoms with van der Waals surface area (Å²) in [6.07, 6.45) is 5.03. The molecule has 0 unspecified atom stereocenters. The summed E-state index contributed by atoms with van der Waals surface area (Å²) >= 11 is 0. The SMILES string of the molecule is CCOc1cc(C(=O)C(=Cc2ccc([N+](=O)[O-])cc2)n2cncn2)cc2c1OC(C)(C)C2. The van der Waals surface area contributed by atoms with E-state index in [0.717, 1.165) is 5.56 Å². The molecule has 2 aromatic carbocycles. The van der Waals surface area contributed by atoms with E-state index in [1.807, 2.05) is 26.8 Å². The highest BCUT2D eigenvalue weighted by Gasteiger charge is 2.34. The first-order chi connectivity index (χ1) is 15.3. The number of carbonyl (C=O) groups is 1. The Morgan fingerprint density at radius 2 is 2.06 bits per heavy atom. The third-order valence-electron chi connectivity index (χ3n) is 4.99. The fourth-order valence-electron chi connectivity index (χ4n) is 3.64. The molecule has 0 aliphatic carbocycles. The molecular weight excluding hydrogens is 412 g/mol. The Balaban J connectivity index is 1.77. The van der Waals surface area contributed by atoms with Crippen LogP contribution in [0.25, 0.3) is 11.8 Å². The molecule has 0 atom stereocenters. The Labute approximate surface area is 184 Å². The van der Waals surface area contributed by atoms with Crippen molar-refractivity contribution in [3.63, 3.8) is 0 Å². The van der Waals surface area contributed by atoms with Gasteiger partial charge in [0.05, 0.1) is 11.5 Å². The van der Waals surface area contributed by atoms with Crippen LogP contribution in [0.5, 0.6) is 11.5 Å². The number of carbonyl (C=O) groups excluding carboxylic acids is 1. The van der Waals surface area contributed by atoms with E-state index in [2.05, 4.69) is 10.1 Å². The molecule has 0 radical (unpaired) electrons. The molecule has 0 N–H and O–H groups in total. The number of ether oxygens (including phenoxy) is 2. The lowest BCUT2D eigenvalue weighted by Gasteiger charge is -2.18. The number of hydrogen-bond donors (Lipinski definition) is 0. The molecule has 0 bridgehead atoms. The number of benzene rings is 2. The molecule has 0 saturated carbocycles. The number of fused-ring (bicyclic) bond motifs is 1. The summed E-state index contributed by atoms with van der Waals surface area (Å²) in [6, 6.07) is 9.41. The van der Waals surface area contributed by atoms with E-state index in [4.69, 9.17) is 9.47 Å². The summed E-state index contributed by atoms with van der Waals surface area (Å²) in [7, 11) is 0. The Hall–Kier alpha value is -4.01. The van der Waals surface area contributed by atoms with Crippen LogP contribution in [-0.2, 0) is 6.42 Å². The summed E-state index contributed by atoms with van der Waals surface area (Å²) in [5.74, 6) is 0.893. The molecule has 9 nitrogen and oxygen atoms in total. The van der Waals surface area contributed by atoms with Gasteiger partial charge in [0.25, 0.3) is 5.69 Å². The van der Waals surface area contributed by atoms with Gasteiger partial charge in [-0.05, 0) is 56.7 Å². The lowest BCUT2D eigenvalue weighted by Crippen LogP contribution is -2.24. The molecule has 164 valence electrons. The second-order valence-corrected chi connectivity index (χ2v) is 7.98. The lowest BCUT2D eigenvalue weighted by molar-refractivity contribution is -0.384. The van der Waals surface area contributed by atoms with Crippen LogP contribution in [0.4, 0.5) is 5.69 Å². The van der Waals surface area contributed by atoms with Gasteiger partial charge in [0, 0.05) is 29.7 Å². The first kappa shape index (κ1) is 21.2. The zero-order valence-corrected chi connectivity index (χ0v) is 17.9. The molecule has 0 amide bonds. The number of aromatic nitrogens is 3. The minimum Gasteiger partial charge on any atom is -0.490 e. The predicted molar refractivity (Wildman–Crippen MR) is 118 cm³/mol. The molecule has 1 aliphatic heterocycles. The predicted octanol–water partition coefficient (Wildman–Crippen LogP) is 4.18. The molecule has 1 aliphatic rings. The Morgan fingerprint density at radius 3 is 2.69 bits per heavy atom. The van der Waals surface area contributed by atoms with E-state index in [1.165, 1.54) is 29.5 Å². The zero-order chi connectivity index (χ0) is 22.9. The van der Waals surface area contributed by atoms with Crippen molar-refractivity contribution < 1.29 is 19.2 Å². The second-order valence-electron chi connectivity index (χ2n) is 7.98. The summed E-state index contributed by atoms with van der Waals surface area (Å²) < 4.78 is 13.2. The Bertz CT molecular complexity index is 1200. The third kappa shape index (κ3) is 4.22. The van der Waals surface area contributed by atoms with Crippen LogP contribution in [0.2, 0.25) is 0 Å². The van der Waals surface area contributed by atoms with Gasteiger partial charge in [-0.2, -0.15) is 5.10 Å². The number of Topliss-reactive ketones (excluding diaryl/α,β-unsaturated/α-hetero) is 1. The fraction of sp³-hybridized carbons (Fsp3) is 0.261. The molecule has 9 heteroatoms. The molecule has 0 spiro atoms. The average Bonchev–Trinajstić information content (AvgIpc) is 3.38. The summed E-state index contributed by atoms with van der Waals surface area (Å²) in [5, 5.41) is 15.0. The molecule has 3 aromatic rings. The van der Waals surface area contributed by atoms with Crippen molar-refractivity contribution >= 4 is 23.2 Å². The first-order valence-corrected chi connectivity index (χ1v) is 10.1. The average molecular weight is 434 g/mol. The van der Waals surface area contributed by atoms with Gasteiger partial charge in [-0.25, -0.2) is 9.67 Å². The van der Waals surface area contributed by atoms with Crippen molar-refractivity contribution in [2.45, 2.75) is 32.8 Å². The highest BCUT2D eigenvalue weighted by Crippen LogP contribution is 2.43. The van der Waals surface area contributed by atoms with Crippen LogP contribution < -0.4 is 9.47 Å². The van der Waals surface area contributed by atoms with Crippen LogP contribution >= 0.6 is 0 Å². The largest absolute Gasteiger partial charge is 0.490 e. The van der Waals surface area contributed by atoms with E-state index in [0.29, 0.717) is 35.7 Å². The third-order valence-corrected chi connectivity index (χ3v) is 4.99. The van der Waals surface area contributed by atoms with Crippen molar-refractivity contribution in [2.75, 3.05) is 6.61 Å². The van der Waals surface area contributed by atoms with E-state index >= 15 is 0 Å². The minimum absolute atomic E-state index is 0.0293. The number of hydrogen-bond acceptors (Lipinski definition) is 7. The molecule has 0 saturated heterocycles. The maximum absolute atomic E-state index is 13.6. The highest BCUT2D eigenvalue weighted by molar-refractivity contribution is 6.28. The maximum atomic E-state index is 13.6. The van der Waals surface area contributed by atoms with Gasteiger partial charge in [0.1, 0.15) is 24.0 Å². The number of rotatable bonds is 7. The number of nitrogens with zero attached hydrogens (tertiary/aromatic N) is 4. The molecule has 4 rings (SSSR count). The van der Waals surface area contributed by atoms with Crippen molar-refractivity contribution in [2.24, 2.45) is 0 Å². The van der Waals surface area contributed by atoms with E-state index < -0.39 is 4.92 Å². The number of nitro benzene ring substituents is 1. The molecular formula is C23H22N4O5. The highest BCUT2D eigenvalue weighted by atomic mass is 16.6. The van der Waals surface area contributed by atoms with Crippen LogP contribution in [0.3, 0.4) is 0 Å². The summed E-state index contributed by atoms with van der Waals surface area (Å²) in [4.78, 5) is 28.0. The van der Waals surface area contributed by atoms with Gasteiger partial charge in [-0.15, -0.1) is 0 Å². The fourth-order valence-corrected chi connectivity index (χ4v) is 3.64. The van der Waals surface area contributed by atoms with Gasteiger partial charge < -0.3 is 9.47 Å². The number of non-ortho nitro benzene ring substituents is 1. The van der Waals surface area contributed by atoms with Crippen LogP contribution in [0, 0.1) is 10.1 Å². The first-order valence-electron chi connectivity index (χ1n) is 10.1. The van der Waals surface area contributed by atoms with Crippen molar-refractivity contribution in [1.82, 2.24) is 14.8 Å². The minimum atomic E-state index is -0.472. The number of nitro groups is 1.